The summed E-state index contributed by atoms with van der Waals surface area (Å²) in [6, 6.07) is 65.5. The molecule has 0 N–H and O–H groups in total. The van der Waals surface area contributed by atoms with Crippen molar-refractivity contribution < 1.29 is 0 Å². The third-order valence-electron chi connectivity index (χ3n) is 11.7. The molecule has 0 amide bonds. The Morgan fingerprint density at radius 3 is 1.28 bits per heavy atom. The maximum absolute atomic E-state index is 4.95. The van der Waals surface area contributed by atoms with Gasteiger partial charge in [-0.2, -0.15) is 0 Å². The Kier molecular flexibility index (Phi) is 7.90. The van der Waals surface area contributed by atoms with E-state index in [1.165, 1.54) is 65.9 Å². The molecule has 7 aromatic carbocycles. The van der Waals surface area contributed by atoms with Crippen molar-refractivity contribution in [2.45, 2.75) is 13.8 Å². The van der Waals surface area contributed by atoms with Crippen LogP contribution in [0.2, 0.25) is 0 Å². The number of rotatable bonds is 6. The highest BCUT2D eigenvalue weighted by Crippen LogP contribution is 2.38. The number of pyridine rings is 2. The van der Waals surface area contributed by atoms with E-state index in [0.29, 0.717) is 0 Å². The van der Waals surface area contributed by atoms with Gasteiger partial charge in [-0.25, -0.2) is 0 Å². The van der Waals surface area contributed by atoms with E-state index >= 15 is 0 Å². The Hall–Kier alpha value is -7.56. The van der Waals surface area contributed by atoms with Crippen LogP contribution in [-0.2, 0) is 0 Å². The number of para-hydroxylation sites is 3. The molecular weight excluding hydrogens is 705 g/mol. The third kappa shape index (κ3) is 5.53. The molecule has 4 heterocycles. The molecule has 4 heteroatoms. The van der Waals surface area contributed by atoms with Crippen LogP contribution in [0.1, 0.15) is 11.1 Å². The minimum atomic E-state index is 0.937. The highest BCUT2D eigenvalue weighted by atomic mass is 15.0. The molecule has 0 aliphatic carbocycles. The van der Waals surface area contributed by atoms with Crippen LogP contribution in [0.25, 0.3) is 99.8 Å². The molecule has 11 rings (SSSR count). The molecule has 0 fully saturated rings. The van der Waals surface area contributed by atoms with Crippen LogP contribution in [0.5, 0.6) is 0 Å². The summed E-state index contributed by atoms with van der Waals surface area (Å²) < 4.78 is 4.75. The maximum atomic E-state index is 4.95. The van der Waals surface area contributed by atoms with Crippen molar-refractivity contribution in [3.8, 4) is 56.1 Å². The Labute approximate surface area is 337 Å². The molecule has 4 aromatic heterocycles. The molecule has 0 bridgehead atoms. The van der Waals surface area contributed by atoms with Crippen molar-refractivity contribution in [1.82, 2.24) is 19.1 Å². The first-order valence-electron chi connectivity index (χ1n) is 19.8. The van der Waals surface area contributed by atoms with Gasteiger partial charge in [0.05, 0.1) is 33.5 Å². The van der Waals surface area contributed by atoms with Gasteiger partial charge >= 0.3 is 0 Å². The van der Waals surface area contributed by atoms with E-state index in [4.69, 9.17) is 9.97 Å². The second-order valence-corrected chi connectivity index (χ2v) is 15.2. The fourth-order valence-electron chi connectivity index (χ4n) is 8.83. The average molecular weight is 743 g/mol. The molecule has 0 saturated heterocycles. The molecule has 0 unspecified atom stereocenters. The Balaban J connectivity index is 0.981. The van der Waals surface area contributed by atoms with Crippen molar-refractivity contribution >= 4 is 43.6 Å². The molecule has 0 spiro atoms. The monoisotopic (exact) mass is 742 g/mol. The molecule has 0 aliphatic rings. The van der Waals surface area contributed by atoms with E-state index in [-0.39, 0.29) is 0 Å². The van der Waals surface area contributed by atoms with E-state index in [1.54, 1.807) is 0 Å². The fraction of sp³-hybridized carbons (Fsp3) is 0.0370. The van der Waals surface area contributed by atoms with Crippen molar-refractivity contribution in [3.05, 3.63) is 206 Å². The highest BCUT2D eigenvalue weighted by Gasteiger charge is 2.17. The predicted octanol–water partition coefficient (Wildman–Crippen LogP) is 14.0. The highest BCUT2D eigenvalue weighted by molar-refractivity contribution is 6.11. The van der Waals surface area contributed by atoms with Crippen LogP contribution >= 0.6 is 0 Å². The first kappa shape index (κ1) is 33.8. The van der Waals surface area contributed by atoms with Crippen LogP contribution in [0.15, 0.2) is 194 Å². The van der Waals surface area contributed by atoms with Gasteiger partial charge in [-0.3, -0.25) is 9.97 Å². The van der Waals surface area contributed by atoms with Crippen molar-refractivity contribution in [2.24, 2.45) is 0 Å². The van der Waals surface area contributed by atoms with Crippen LogP contribution in [-0.4, -0.2) is 19.1 Å². The average Bonchev–Trinajstić information content (AvgIpc) is 3.80. The predicted molar refractivity (Wildman–Crippen MR) is 242 cm³/mol. The van der Waals surface area contributed by atoms with Gasteiger partial charge in [0, 0.05) is 56.4 Å². The zero-order valence-corrected chi connectivity index (χ0v) is 32.3. The van der Waals surface area contributed by atoms with Gasteiger partial charge < -0.3 is 9.13 Å². The van der Waals surface area contributed by atoms with Gasteiger partial charge in [0.2, 0.25) is 0 Å². The lowest BCUT2D eigenvalue weighted by Crippen LogP contribution is -1.97. The summed E-state index contributed by atoms with van der Waals surface area (Å²) in [5.41, 5.74) is 18.1. The zero-order valence-electron chi connectivity index (χ0n) is 32.3. The fourth-order valence-corrected chi connectivity index (χ4v) is 8.83. The summed E-state index contributed by atoms with van der Waals surface area (Å²) in [6.07, 6.45) is 3.85. The molecule has 11 aromatic rings. The molecule has 4 nitrogen and oxygen atoms in total. The molecule has 274 valence electrons. The lowest BCUT2D eigenvalue weighted by molar-refractivity contribution is 1.17. The Bertz CT molecular complexity index is 3320. The Morgan fingerprint density at radius 1 is 0.328 bits per heavy atom. The second kappa shape index (κ2) is 13.6. The SMILES string of the molecule is Cc1ccc(-n2c3ccccc3c3ccccc32)cc1-c1cc(-c2ccnc(-c3cc(-n4c5ccccc5c5cc(-c6ccccc6)ccc54)ccc3C)c2)ccn1. The van der Waals surface area contributed by atoms with Gasteiger partial charge in [-0.15, -0.1) is 0 Å². The van der Waals surface area contributed by atoms with Crippen LogP contribution in [0, 0.1) is 13.8 Å². The number of fused-ring (bicyclic) bond motifs is 6. The number of hydrogen-bond acceptors (Lipinski definition) is 2. The third-order valence-corrected chi connectivity index (χ3v) is 11.7. The van der Waals surface area contributed by atoms with Crippen molar-refractivity contribution in [3.63, 3.8) is 0 Å². The lowest BCUT2D eigenvalue weighted by atomic mass is 9.98. The summed E-state index contributed by atoms with van der Waals surface area (Å²) in [5.74, 6) is 0. The first-order chi connectivity index (χ1) is 28.6. The largest absolute Gasteiger partial charge is 0.309 e. The van der Waals surface area contributed by atoms with Gasteiger partial charge in [-0.1, -0.05) is 103 Å². The minimum absolute atomic E-state index is 0.937. The standard InChI is InChI=1S/C54H38N4/c1-35-20-23-41(57-51-17-9-6-14-43(51)44-15-7-10-18-52(44)57)33-46(35)49-31-39(26-28-55-49)40-27-29-56-50(32-40)47-34-42(24-21-36(47)2)58-53-19-11-8-16-45(53)48-30-38(22-25-54(48)58)37-12-4-3-5-13-37/h3-34H,1-2H3. The molecule has 0 saturated carbocycles. The smallest absolute Gasteiger partial charge is 0.0711 e. The number of aromatic nitrogens is 4. The molecule has 0 aliphatic heterocycles. The number of hydrogen-bond donors (Lipinski definition) is 0. The van der Waals surface area contributed by atoms with E-state index < -0.39 is 0 Å². The van der Waals surface area contributed by atoms with Gasteiger partial charge in [-0.05, 0) is 126 Å². The Morgan fingerprint density at radius 2 is 0.759 bits per heavy atom. The van der Waals surface area contributed by atoms with E-state index in [0.717, 1.165) is 45.0 Å². The molecule has 58 heavy (non-hydrogen) atoms. The molecular formula is C54H38N4. The molecule has 0 radical (unpaired) electrons. The van der Waals surface area contributed by atoms with Crippen LogP contribution < -0.4 is 0 Å². The molecule has 0 atom stereocenters. The van der Waals surface area contributed by atoms with E-state index in [9.17, 15) is 0 Å². The van der Waals surface area contributed by atoms with E-state index in [1.807, 2.05) is 12.4 Å². The number of benzene rings is 7. The van der Waals surface area contributed by atoms with Gasteiger partial charge in [0.25, 0.3) is 0 Å². The maximum Gasteiger partial charge on any atom is 0.0711 e. The normalized spacial score (nSPS) is 11.6. The summed E-state index contributed by atoms with van der Waals surface area (Å²) in [6.45, 7) is 4.34. The summed E-state index contributed by atoms with van der Waals surface area (Å²) in [5, 5.41) is 4.98. The van der Waals surface area contributed by atoms with E-state index in [2.05, 4.69) is 205 Å². The summed E-state index contributed by atoms with van der Waals surface area (Å²) in [7, 11) is 0. The first-order valence-corrected chi connectivity index (χ1v) is 19.8. The van der Waals surface area contributed by atoms with Crippen molar-refractivity contribution in [2.75, 3.05) is 0 Å². The summed E-state index contributed by atoms with van der Waals surface area (Å²) in [4.78, 5) is 9.87. The second-order valence-electron chi connectivity index (χ2n) is 15.2. The van der Waals surface area contributed by atoms with Gasteiger partial charge in [0.15, 0.2) is 0 Å². The zero-order chi connectivity index (χ0) is 38.7. The minimum Gasteiger partial charge on any atom is -0.309 e. The lowest BCUT2D eigenvalue weighted by Gasteiger charge is -2.14. The van der Waals surface area contributed by atoms with Crippen LogP contribution in [0.3, 0.4) is 0 Å². The number of nitrogens with zero attached hydrogens (tertiary/aromatic N) is 4. The van der Waals surface area contributed by atoms with Crippen molar-refractivity contribution in [1.29, 1.82) is 0 Å². The van der Waals surface area contributed by atoms with Crippen LogP contribution in [0.4, 0.5) is 0 Å². The number of aryl methyl sites for hydroxylation is 2. The quantitative estimate of drug-likeness (QED) is 0.170. The topological polar surface area (TPSA) is 35.6 Å². The van der Waals surface area contributed by atoms with Gasteiger partial charge in [0.1, 0.15) is 0 Å². The summed E-state index contributed by atoms with van der Waals surface area (Å²) >= 11 is 0.